The van der Waals surface area contributed by atoms with Crippen LogP contribution in [0.2, 0.25) is 0 Å². The second-order valence-corrected chi connectivity index (χ2v) is 10.7. The Balaban J connectivity index is 1.61. The zero-order valence-corrected chi connectivity index (χ0v) is 22.8. The van der Waals surface area contributed by atoms with Crippen molar-refractivity contribution in [2.24, 2.45) is 0 Å². The van der Waals surface area contributed by atoms with Crippen LogP contribution in [0.15, 0.2) is 36.7 Å². The Labute approximate surface area is 224 Å². The predicted octanol–water partition coefficient (Wildman–Crippen LogP) is 3.99. The summed E-state index contributed by atoms with van der Waals surface area (Å²) < 4.78 is 82.6. The molecule has 0 saturated carbocycles. The molecule has 0 spiro atoms. The van der Waals surface area contributed by atoms with Crippen LogP contribution in [-0.2, 0) is 25.2 Å². The van der Waals surface area contributed by atoms with Gasteiger partial charge in [0.15, 0.2) is 0 Å². The zero-order valence-electron chi connectivity index (χ0n) is 20.4. The quantitative estimate of drug-likeness (QED) is 0.259. The molecule has 0 amide bonds. The van der Waals surface area contributed by atoms with E-state index in [1.165, 1.54) is 35.2 Å². The molecule has 5 rings (SSSR count). The van der Waals surface area contributed by atoms with E-state index in [2.05, 4.69) is 14.9 Å². The summed E-state index contributed by atoms with van der Waals surface area (Å²) in [6, 6.07) is 4.19. The average Bonchev–Trinajstić information content (AvgIpc) is 3.09. The maximum absolute atomic E-state index is 14.2. The number of rotatable bonds is 3. The van der Waals surface area contributed by atoms with Gasteiger partial charge in [0.2, 0.25) is 0 Å². The Bertz CT molecular complexity index is 1310. The molecule has 1 saturated heterocycles. The van der Waals surface area contributed by atoms with Crippen molar-refractivity contribution in [1.29, 1.82) is 0 Å². The van der Waals surface area contributed by atoms with Crippen LogP contribution in [0, 0.1) is 0 Å². The van der Waals surface area contributed by atoms with E-state index in [4.69, 9.17) is 9.97 Å². The van der Waals surface area contributed by atoms with Gasteiger partial charge in [0.05, 0.1) is 0 Å². The van der Waals surface area contributed by atoms with Crippen molar-refractivity contribution in [3.05, 3.63) is 59.2 Å². The molecule has 0 bridgehead atoms. The molecule has 13 heteroatoms. The average molecular weight is 599 g/mol. The van der Waals surface area contributed by atoms with Crippen LogP contribution in [-0.4, -0.2) is 63.0 Å². The number of anilines is 1. The molecule has 6 nitrogen and oxygen atoms in total. The molecule has 2 unspecified atom stereocenters. The second-order valence-electron chi connectivity index (χ2n) is 9.57. The number of hydrogen-bond acceptors (Lipinski definition) is 5. The van der Waals surface area contributed by atoms with Gasteiger partial charge in [-0.15, -0.1) is 0 Å². The van der Waals surface area contributed by atoms with Crippen molar-refractivity contribution in [3.8, 4) is 0 Å². The van der Waals surface area contributed by atoms with Crippen molar-refractivity contribution < 1.29 is 26.3 Å². The van der Waals surface area contributed by atoms with Crippen molar-refractivity contribution in [3.63, 3.8) is 0 Å². The van der Waals surface area contributed by atoms with Crippen LogP contribution >= 0.6 is 0 Å². The second kappa shape index (κ2) is 10.1. The summed E-state index contributed by atoms with van der Waals surface area (Å²) in [4.78, 5) is 19.5. The van der Waals surface area contributed by atoms with Crippen LogP contribution in [0.5, 0.6) is 0 Å². The van der Waals surface area contributed by atoms with Crippen molar-refractivity contribution >= 4 is 38.8 Å². The third-order valence-corrected chi connectivity index (χ3v) is 8.26. The van der Waals surface area contributed by atoms with E-state index < -0.39 is 28.1 Å². The number of quaternary nitrogens is 1. The van der Waals surface area contributed by atoms with E-state index in [1.54, 1.807) is 0 Å². The molecule has 3 aromatic rings. The molecular weight excluding hydrogens is 573 g/mol. The fraction of sp³-hybridized carbons (Fsp3) is 0.440. The summed E-state index contributed by atoms with van der Waals surface area (Å²) >= 11 is 1.31. The van der Waals surface area contributed by atoms with Gasteiger partial charge in [-0.05, 0) is 0 Å². The van der Waals surface area contributed by atoms with Crippen LogP contribution in [0.1, 0.15) is 41.8 Å². The van der Waals surface area contributed by atoms with Crippen molar-refractivity contribution in [2.45, 2.75) is 44.5 Å². The molecule has 5 heterocycles. The van der Waals surface area contributed by atoms with Gasteiger partial charge < -0.3 is 0 Å². The number of alkyl halides is 6. The summed E-state index contributed by atoms with van der Waals surface area (Å²) in [7, 11) is 0. The van der Waals surface area contributed by atoms with E-state index >= 15 is 0 Å². The van der Waals surface area contributed by atoms with Gasteiger partial charge in [0.25, 0.3) is 0 Å². The summed E-state index contributed by atoms with van der Waals surface area (Å²) in [5.41, 5.74) is -0.168. The molecule has 0 aliphatic carbocycles. The maximum atomic E-state index is 14.2. The number of fused-ring (bicyclic) bond motifs is 1. The molecule has 38 heavy (non-hydrogen) atoms. The number of pyridine rings is 2. The Kier molecular flexibility index (Phi) is 7.15. The topological polar surface area (TPSA) is 54.8 Å². The minimum atomic E-state index is -4.70. The zero-order chi connectivity index (χ0) is 27.1. The molecule has 0 N–H and O–H groups in total. The number of aromatic nitrogens is 4. The van der Waals surface area contributed by atoms with Gasteiger partial charge in [-0.25, -0.2) is 0 Å². The fourth-order valence-electron chi connectivity index (χ4n) is 5.32. The molecule has 202 valence electrons. The molecule has 0 radical (unpaired) electrons. The molecule has 2 atom stereocenters. The molecular formula is C25H26AsF6N6+. The summed E-state index contributed by atoms with van der Waals surface area (Å²) in [6.45, 7) is 1.98. The molecule has 2 aliphatic rings. The van der Waals surface area contributed by atoms with Gasteiger partial charge in [-0.1, -0.05) is 0 Å². The minimum absolute atomic E-state index is 0.128. The SMILES string of the molecule is FC(F)(F)c1ccc([N+]2(c3ncccc3C(F)(F)F)CCc3nc(N4CCCCC4)nc([AsH2])c3CC2)cn1. The normalized spacial score (nSPS) is 20.7. The first-order valence-corrected chi connectivity index (χ1v) is 13.5. The summed E-state index contributed by atoms with van der Waals surface area (Å²) in [6.07, 6.45) is -3.16. The van der Waals surface area contributed by atoms with E-state index in [1.807, 2.05) is 0 Å². The third kappa shape index (κ3) is 5.12. The fourth-order valence-corrected chi connectivity index (χ4v) is 6.22. The molecule has 3 aromatic heterocycles. The third-order valence-electron chi connectivity index (χ3n) is 7.26. The Morgan fingerprint density at radius 3 is 2.24 bits per heavy atom. The van der Waals surface area contributed by atoms with E-state index in [-0.39, 0.29) is 24.6 Å². The van der Waals surface area contributed by atoms with Crippen LogP contribution in [0.3, 0.4) is 0 Å². The number of halogens is 6. The Hall–Kier alpha value is -2.72. The standard InChI is InChI=1S/C25H26AsF6N6/c26-21-17-8-13-38(16-6-7-20(34-15-16)25(30,31)32,22-18(24(27,28)29)5-4-10-33-22)14-9-19(17)35-23(36-21)37-11-2-1-3-12-37/h4-7,10,15H,1-3,8-9,11-14,26H2/q+1. The van der Waals surface area contributed by atoms with Crippen LogP contribution in [0.25, 0.3) is 0 Å². The first-order chi connectivity index (χ1) is 18.0. The predicted molar refractivity (Wildman–Crippen MR) is 133 cm³/mol. The number of piperidine rings is 1. The van der Waals surface area contributed by atoms with Gasteiger partial charge in [-0.2, -0.15) is 0 Å². The molecule has 2 aliphatic heterocycles. The number of hydrogen-bond donors (Lipinski definition) is 0. The van der Waals surface area contributed by atoms with E-state index in [9.17, 15) is 26.3 Å². The Morgan fingerprint density at radius 2 is 1.58 bits per heavy atom. The molecule has 0 aromatic carbocycles. The first-order valence-electron chi connectivity index (χ1n) is 12.3. The number of nitrogens with zero attached hydrogens (tertiary/aromatic N) is 6. The Morgan fingerprint density at radius 1 is 0.842 bits per heavy atom. The first kappa shape index (κ1) is 26.9. The van der Waals surface area contributed by atoms with Crippen LogP contribution < -0.4 is 13.9 Å². The van der Waals surface area contributed by atoms with E-state index in [0.29, 0.717) is 18.8 Å². The van der Waals surface area contributed by atoms with Gasteiger partial charge in [0, 0.05) is 0 Å². The summed E-state index contributed by atoms with van der Waals surface area (Å²) in [5.74, 6) is 0.370. The van der Waals surface area contributed by atoms with Crippen molar-refractivity contribution in [2.75, 3.05) is 31.1 Å². The van der Waals surface area contributed by atoms with Gasteiger partial charge >= 0.3 is 224 Å². The van der Waals surface area contributed by atoms with E-state index in [0.717, 1.165) is 66.4 Å². The van der Waals surface area contributed by atoms with Crippen LogP contribution in [0.4, 0.5) is 43.8 Å². The van der Waals surface area contributed by atoms with Crippen molar-refractivity contribution in [1.82, 2.24) is 24.4 Å². The summed E-state index contributed by atoms with van der Waals surface area (Å²) in [5, 5.41) is 0. The van der Waals surface area contributed by atoms with Gasteiger partial charge in [0.1, 0.15) is 0 Å². The van der Waals surface area contributed by atoms with Gasteiger partial charge in [-0.3, -0.25) is 0 Å². The monoisotopic (exact) mass is 599 g/mol. The molecule has 1 fully saturated rings.